The van der Waals surface area contributed by atoms with Crippen molar-refractivity contribution < 1.29 is 18.0 Å². The van der Waals surface area contributed by atoms with E-state index in [1.807, 2.05) is 5.43 Å². The van der Waals surface area contributed by atoms with Crippen molar-refractivity contribution in [3.63, 3.8) is 0 Å². The van der Waals surface area contributed by atoms with Crippen LogP contribution in [0.3, 0.4) is 0 Å². The van der Waals surface area contributed by atoms with Gasteiger partial charge in [-0.05, 0) is 48.5 Å². The number of rotatable bonds is 6. The lowest BCUT2D eigenvalue weighted by Crippen LogP contribution is -2.43. The van der Waals surface area contributed by atoms with Gasteiger partial charge < -0.3 is 5.32 Å². The lowest BCUT2D eigenvalue weighted by atomic mass is 10.3. The van der Waals surface area contributed by atoms with Crippen LogP contribution in [0, 0.1) is 0 Å². The number of benzene rings is 2. The molecule has 0 unspecified atom stereocenters. The van der Waals surface area contributed by atoms with Gasteiger partial charge >= 0.3 is 0 Å². The summed E-state index contributed by atoms with van der Waals surface area (Å²) in [5.74, 6) is 4.13. The first-order chi connectivity index (χ1) is 12.2. The predicted octanol–water partition coefficient (Wildman–Crippen LogP) is 1.48. The molecule has 0 aromatic heterocycles. The van der Waals surface area contributed by atoms with Gasteiger partial charge in [0.1, 0.15) is 6.54 Å². The summed E-state index contributed by atoms with van der Waals surface area (Å²) in [4.78, 5) is 22.7. The van der Waals surface area contributed by atoms with Crippen molar-refractivity contribution in [2.45, 2.75) is 11.8 Å². The number of hydrogen-bond donors (Lipinski definition) is 3. The quantitative estimate of drug-likeness (QED) is 0.388. The molecule has 0 saturated heterocycles. The molecule has 0 saturated carbocycles. The number of carbonyl (C=O) groups is 2. The number of sulfonamides is 1. The normalized spacial score (nSPS) is 10.9. The van der Waals surface area contributed by atoms with Gasteiger partial charge in [0.2, 0.25) is 5.91 Å². The summed E-state index contributed by atoms with van der Waals surface area (Å²) in [5.41, 5.74) is 2.62. The van der Waals surface area contributed by atoms with Crippen LogP contribution in [0.2, 0.25) is 5.02 Å². The minimum atomic E-state index is -4.06. The molecule has 0 radical (unpaired) electrons. The second-order valence-electron chi connectivity index (χ2n) is 5.26. The highest BCUT2D eigenvalue weighted by Gasteiger charge is 2.27. The Hall–Kier alpha value is -2.62. The number of nitrogens with zero attached hydrogens (tertiary/aromatic N) is 1. The molecular formula is C16H17ClN4O4S. The van der Waals surface area contributed by atoms with Crippen LogP contribution in [0.15, 0.2) is 53.4 Å². The third-order valence-electron chi connectivity index (χ3n) is 3.33. The van der Waals surface area contributed by atoms with E-state index in [1.54, 1.807) is 0 Å². The number of hydrogen-bond acceptors (Lipinski definition) is 5. The van der Waals surface area contributed by atoms with Crippen LogP contribution < -0.4 is 20.9 Å². The molecule has 4 N–H and O–H groups in total. The van der Waals surface area contributed by atoms with Crippen LogP contribution in [-0.2, 0) is 19.6 Å². The van der Waals surface area contributed by atoms with Crippen molar-refractivity contribution in [3.8, 4) is 0 Å². The number of nitrogens with one attached hydrogen (secondary N) is 2. The fraction of sp³-hybridized carbons (Fsp3) is 0.125. The first kappa shape index (κ1) is 19.7. The maximum atomic E-state index is 13.0. The molecular weight excluding hydrogens is 380 g/mol. The van der Waals surface area contributed by atoms with Crippen molar-refractivity contribution in [1.82, 2.24) is 5.43 Å². The smallest absolute Gasteiger partial charge is 0.264 e. The second kappa shape index (κ2) is 8.17. The van der Waals surface area contributed by atoms with E-state index < -0.39 is 22.5 Å². The monoisotopic (exact) mass is 396 g/mol. The van der Waals surface area contributed by atoms with E-state index in [4.69, 9.17) is 17.4 Å². The molecule has 0 aliphatic rings. The van der Waals surface area contributed by atoms with Gasteiger partial charge in [0.15, 0.2) is 0 Å². The molecule has 2 aromatic rings. The van der Waals surface area contributed by atoms with E-state index in [0.717, 1.165) is 4.31 Å². The first-order valence-corrected chi connectivity index (χ1v) is 9.21. The van der Waals surface area contributed by atoms with Crippen LogP contribution >= 0.6 is 11.6 Å². The fourth-order valence-corrected chi connectivity index (χ4v) is 3.69. The van der Waals surface area contributed by atoms with Crippen LogP contribution in [-0.4, -0.2) is 26.8 Å². The molecule has 138 valence electrons. The molecule has 2 aromatic carbocycles. The van der Waals surface area contributed by atoms with Crippen molar-refractivity contribution in [3.05, 3.63) is 53.6 Å². The third-order valence-corrected chi connectivity index (χ3v) is 5.37. The van der Waals surface area contributed by atoms with E-state index in [2.05, 4.69) is 5.32 Å². The molecule has 0 spiro atoms. The lowest BCUT2D eigenvalue weighted by molar-refractivity contribution is -0.119. The standard InChI is InChI=1S/C16H17ClN4O4S/c1-11(22)19-13-4-8-15(9-5-13)26(24,25)21(10-16(23)20-18)14-6-2-12(17)3-7-14/h2-9H,10,18H2,1H3,(H,19,22)(H,20,23). The largest absolute Gasteiger partial charge is 0.326 e. The topological polar surface area (TPSA) is 122 Å². The van der Waals surface area contributed by atoms with E-state index in [1.165, 1.54) is 55.5 Å². The molecule has 10 heteroatoms. The summed E-state index contributed by atoms with van der Waals surface area (Å²) < 4.78 is 26.9. The van der Waals surface area contributed by atoms with Gasteiger partial charge in [0.25, 0.3) is 15.9 Å². The summed E-state index contributed by atoms with van der Waals surface area (Å²) in [5, 5.41) is 2.97. The Morgan fingerprint density at radius 3 is 2.15 bits per heavy atom. The van der Waals surface area contributed by atoms with Crippen molar-refractivity contribution in [2.75, 3.05) is 16.2 Å². The zero-order valence-electron chi connectivity index (χ0n) is 13.8. The van der Waals surface area contributed by atoms with Crippen molar-refractivity contribution >= 4 is 44.8 Å². The minimum Gasteiger partial charge on any atom is -0.326 e. The molecule has 0 atom stereocenters. The van der Waals surface area contributed by atoms with Crippen LogP contribution in [0.4, 0.5) is 11.4 Å². The zero-order chi connectivity index (χ0) is 19.3. The van der Waals surface area contributed by atoms with E-state index in [9.17, 15) is 18.0 Å². The summed E-state index contributed by atoms with van der Waals surface area (Å²) in [7, 11) is -4.06. The Labute approximate surface area is 156 Å². The number of amides is 2. The average Bonchev–Trinajstić information content (AvgIpc) is 2.60. The lowest BCUT2D eigenvalue weighted by Gasteiger charge is -2.23. The van der Waals surface area contributed by atoms with Gasteiger partial charge in [0.05, 0.1) is 10.6 Å². The molecule has 26 heavy (non-hydrogen) atoms. The highest BCUT2D eigenvalue weighted by molar-refractivity contribution is 7.92. The summed E-state index contributed by atoms with van der Waals surface area (Å²) in [6.45, 7) is 0.840. The minimum absolute atomic E-state index is 0.0497. The molecule has 0 bridgehead atoms. The number of nitrogens with two attached hydrogens (primary N) is 1. The first-order valence-electron chi connectivity index (χ1n) is 7.39. The molecule has 8 nitrogen and oxygen atoms in total. The van der Waals surface area contributed by atoms with Gasteiger partial charge in [-0.3, -0.25) is 19.3 Å². The Morgan fingerprint density at radius 2 is 1.65 bits per heavy atom. The molecule has 0 heterocycles. The van der Waals surface area contributed by atoms with Crippen LogP contribution in [0.1, 0.15) is 6.92 Å². The Balaban J connectivity index is 2.42. The number of halogens is 1. The number of carbonyl (C=O) groups excluding carboxylic acids is 2. The van der Waals surface area contributed by atoms with Gasteiger partial charge in [-0.2, -0.15) is 0 Å². The Kier molecular flexibility index (Phi) is 6.19. The highest BCUT2D eigenvalue weighted by Crippen LogP contribution is 2.25. The Morgan fingerprint density at radius 1 is 1.08 bits per heavy atom. The van der Waals surface area contributed by atoms with Crippen LogP contribution in [0.25, 0.3) is 0 Å². The molecule has 2 amide bonds. The van der Waals surface area contributed by atoms with Gasteiger partial charge in [-0.1, -0.05) is 11.6 Å². The zero-order valence-corrected chi connectivity index (χ0v) is 15.3. The van der Waals surface area contributed by atoms with E-state index in [0.29, 0.717) is 10.7 Å². The maximum absolute atomic E-state index is 13.0. The summed E-state index contributed by atoms with van der Waals surface area (Å²) in [6, 6.07) is 11.6. The Bertz CT molecular complexity index is 899. The van der Waals surface area contributed by atoms with Gasteiger partial charge in [-0.25, -0.2) is 14.3 Å². The van der Waals surface area contributed by atoms with E-state index in [-0.39, 0.29) is 16.5 Å². The molecule has 0 aliphatic heterocycles. The number of hydrazine groups is 1. The second-order valence-corrected chi connectivity index (χ2v) is 7.56. The molecule has 2 rings (SSSR count). The van der Waals surface area contributed by atoms with Gasteiger partial charge in [0, 0.05) is 17.6 Å². The fourth-order valence-electron chi connectivity index (χ4n) is 2.14. The average molecular weight is 397 g/mol. The van der Waals surface area contributed by atoms with Crippen LogP contribution in [0.5, 0.6) is 0 Å². The molecule has 0 fully saturated rings. The van der Waals surface area contributed by atoms with Crippen molar-refractivity contribution in [1.29, 1.82) is 0 Å². The third kappa shape index (κ3) is 4.72. The highest BCUT2D eigenvalue weighted by atomic mass is 35.5. The SMILES string of the molecule is CC(=O)Nc1ccc(S(=O)(=O)N(CC(=O)NN)c2ccc(Cl)cc2)cc1. The summed E-state index contributed by atoms with van der Waals surface area (Å²) in [6.07, 6.45) is 0. The predicted molar refractivity (Wildman–Crippen MR) is 99.1 cm³/mol. The maximum Gasteiger partial charge on any atom is 0.264 e. The molecule has 0 aliphatic carbocycles. The van der Waals surface area contributed by atoms with E-state index >= 15 is 0 Å². The van der Waals surface area contributed by atoms with Gasteiger partial charge in [-0.15, -0.1) is 0 Å². The number of anilines is 2. The van der Waals surface area contributed by atoms with Crippen molar-refractivity contribution in [2.24, 2.45) is 5.84 Å². The summed E-state index contributed by atoms with van der Waals surface area (Å²) >= 11 is 5.84.